The molecule has 3 N–H and O–H groups in total. The van der Waals surface area contributed by atoms with E-state index in [1.165, 1.54) is 18.2 Å². The number of alkyl halides is 3. The zero-order valence-corrected chi connectivity index (χ0v) is 13.5. The average molecular weight is 350 g/mol. The molecule has 0 radical (unpaired) electrons. The monoisotopic (exact) mass is 350 g/mol. The van der Waals surface area contributed by atoms with Crippen molar-refractivity contribution in [1.29, 1.82) is 0 Å². The van der Waals surface area contributed by atoms with E-state index in [2.05, 4.69) is 4.72 Å². The van der Waals surface area contributed by atoms with E-state index in [4.69, 9.17) is 5.73 Å². The van der Waals surface area contributed by atoms with Gasteiger partial charge in [0.05, 0.1) is 11.3 Å². The van der Waals surface area contributed by atoms with E-state index in [0.29, 0.717) is 12.8 Å². The molecule has 23 heavy (non-hydrogen) atoms. The van der Waals surface area contributed by atoms with Crippen LogP contribution in [-0.4, -0.2) is 20.5 Å². The van der Waals surface area contributed by atoms with Crippen molar-refractivity contribution < 1.29 is 21.6 Å². The fourth-order valence-corrected chi connectivity index (χ4v) is 4.14. The molecule has 0 heterocycles. The molecular formula is C15H21F3N2O2S. The van der Waals surface area contributed by atoms with E-state index >= 15 is 0 Å². The maximum atomic E-state index is 12.9. The minimum absolute atomic E-state index is 0.0590. The van der Waals surface area contributed by atoms with Gasteiger partial charge in [-0.05, 0) is 24.5 Å². The molecule has 0 spiro atoms. The van der Waals surface area contributed by atoms with Gasteiger partial charge in [-0.15, -0.1) is 0 Å². The molecule has 1 saturated carbocycles. The van der Waals surface area contributed by atoms with Crippen molar-refractivity contribution in [3.63, 3.8) is 0 Å². The van der Waals surface area contributed by atoms with Gasteiger partial charge in [-0.2, -0.15) is 13.2 Å². The van der Waals surface area contributed by atoms with Gasteiger partial charge in [-0.25, -0.2) is 13.1 Å². The van der Waals surface area contributed by atoms with Crippen LogP contribution in [0.5, 0.6) is 0 Å². The Balaban J connectivity index is 2.07. The predicted molar refractivity (Wildman–Crippen MR) is 82.1 cm³/mol. The molecule has 4 nitrogen and oxygen atoms in total. The Morgan fingerprint density at radius 3 is 2.35 bits per heavy atom. The fourth-order valence-electron chi connectivity index (χ4n) is 2.86. The third-order valence-electron chi connectivity index (χ3n) is 4.16. The van der Waals surface area contributed by atoms with Gasteiger partial charge in [0, 0.05) is 12.1 Å². The lowest BCUT2D eigenvalue weighted by molar-refractivity contribution is -0.138. The third kappa shape index (κ3) is 5.19. The lowest BCUT2D eigenvalue weighted by Gasteiger charge is -2.33. The molecule has 1 aliphatic carbocycles. The minimum Gasteiger partial charge on any atom is -0.324 e. The highest BCUT2D eigenvalue weighted by Crippen LogP contribution is 2.32. The Bertz CT molecular complexity index is 638. The van der Waals surface area contributed by atoms with E-state index in [0.717, 1.165) is 25.3 Å². The first-order valence-corrected chi connectivity index (χ1v) is 9.18. The Kier molecular flexibility index (Phi) is 5.37. The molecule has 1 aromatic rings. The Morgan fingerprint density at radius 2 is 1.74 bits per heavy atom. The standard InChI is InChI=1S/C15H21F3N2O2S/c16-15(17,18)13-7-3-2-6-12(13)10-23(21,22)20-11-14(19)8-4-1-5-9-14/h2-3,6-7,20H,1,4-5,8-11,19H2. The van der Waals surface area contributed by atoms with Gasteiger partial charge in [-0.3, -0.25) is 0 Å². The summed E-state index contributed by atoms with van der Waals surface area (Å²) in [5.74, 6) is -0.710. The molecule has 1 fully saturated rings. The second kappa shape index (κ2) is 6.78. The van der Waals surface area contributed by atoms with E-state index in [1.54, 1.807) is 0 Å². The summed E-state index contributed by atoms with van der Waals surface area (Å²) in [7, 11) is -3.88. The van der Waals surface area contributed by atoms with Gasteiger partial charge >= 0.3 is 6.18 Å². The van der Waals surface area contributed by atoms with E-state index < -0.39 is 33.1 Å². The molecule has 0 unspecified atom stereocenters. The van der Waals surface area contributed by atoms with Gasteiger partial charge in [0.1, 0.15) is 0 Å². The minimum atomic E-state index is -4.58. The van der Waals surface area contributed by atoms with Gasteiger partial charge in [0.25, 0.3) is 0 Å². The Morgan fingerprint density at radius 1 is 1.13 bits per heavy atom. The zero-order chi connectivity index (χ0) is 17.1. The highest BCUT2D eigenvalue weighted by molar-refractivity contribution is 7.88. The third-order valence-corrected chi connectivity index (χ3v) is 5.44. The number of rotatable bonds is 5. The van der Waals surface area contributed by atoms with E-state index in [1.807, 2.05) is 0 Å². The molecule has 2 rings (SSSR count). The number of nitrogens with one attached hydrogen (secondary N) is 1. The van der Waals surface area contributed by atoms with Gasteiger partial charge in [0.15, 0.2) is 0 Å². The molecule has 0 aromatic heterocycles. The number of hydrogen-bond acceptors (Lipinski definition) is 3. The molecule has 0 saturated heterocycles. The Labute approximate surface area is 134 Å². The van der Waals surface area contributed by atoms with Crippen molar-refractivity contribution in [2.75, 3.05) is 6.54 Å². The van der Waals surface area contributed by atoms with Crippen LogP contribution in [0.3, 0.4) is 0 Å². The van der Waals surface area contributed by atoms with Crippen LogP contribution in [0.1, 0.15) is 43.2 Å². The Hall–Kier alpha value is -1.12. The van der Waals surface area contributed by atoms with E-state index in [-0.39, 0.29) is 12.1 Å². The highest BCUT2D eigenvalue weighted by Gasteiger charge is 2.34. The number of hydrogen-bond donors (Lipinski definition) is 2. The topological polar surface area (TPSA) is 72.2 Å². The van der Waals surface area contributed by atoms with Crippen LogP contribution >= 0.6 is 0 Å². The molecule has 0 amide bonds. The van der Waals surface area contributed by atoms with E-state index in [9.17, 15) is 21.6 Å². The quantitative estimate of drug-likeness (QED) is 0.858. The summed E-state index contributed by atoms with van der Waals surface area (Å²) in [6, 6.07) is 4.70. The first kappa shape index (κ1) is 18.2. The molecule has 1 aromatic carbocycles. The summed E-state index contributed by atoms with van der Waals surface area (Å²) < 4.78 is 65.4. The predicted octanol–water partition coefficient (Wildman–Crippen LogP) is 2.79. The fraction of sp³-hybridized carbons (Fsp3) is 0.600. The maximum Gasteiger partial charge on any atom is 0.416 e. The van der Waals surface area contributed by atoms with Gasteiger partial charge in [-0.1, -0.05) is 37.5 Å². The van der Waals surface area contributed by atoms with Crippen LogP contribution in [0.25, 0.3) is 0 Å². The number of benzene rings is 1. The van der Waals surface area contributed by atoms with Crippen LogP contribution in [0.4, 0.5) is 13.2 Å². The molecule has 0 bridgehead atoms. The molecule has 1 aliphatic rings. The summed E-state index contributed by atoms with van der Waals surface area (Å²) in [5, 5.41) is 0. The van der Waals surface area contributed by atoms with Crippen LogP contribution in [0, 0.1) is 0 Å². The summed E-state index contributed by atoms with van der Waals surface area (Å²) >= 11 is 0. The van der Waals surface area contributed by atoms with Crippen molar-refractivity contribution >= 4 is 10.0 Å². The maximum absolute atomic E-state index is 12.9. The van der Waals surface area contributed by atoms with Crippen molar-refractivity contribution in [2.24, 2.45) is 5.73 Å². The van der Waals surface area contributed by atoms with Crippen LogP contribution < -0.4 is 10.5 Å². The van der Waals surface area contributed by atoms with Gasteiger partial charge in [0.2, 0.25) is 10.0 Å². The summed E-state index contributed by atoms with van der Waals surface area (Å²) in [5.41, 5.74) is 4.36. The molecular weight excluding hydrogens is 329 g/mol. The van der Waals surface area contributed by atoms with Crippen LogP contribution in [0.2, 0.25) is 0 Å². The van der Waals surface area contributed by atoms with Crippen molar-refractivity contribution in [3.05, 3.63) is 35.4 Å². The SMILES string of the molecule is NC1(CNS(=O)(=O)Cc2ccccc2C(F)(F)F)CCCCC1. The number of sulfonamides is 1. The largest absolute Gasteiger partial charge is 0.416 e. The number of halogens is 3. The van der Waals surface area contributed by atoms with Crippen molar-refractivity contribution in [2.45, 2.75) is 49.6 Å². The molecule has 0 aliphatic heterocycles. The lowest BCUT2D eigenvalue weighted by atomic mass is 9.83. The second-order valence-corrected chi connectivity index (χ2v) is 7.96. The summed E-state index contributed by atoms with van der Waals surface area (Å²) in [6.07, 6.45) is -0.192. The second-order valence-electron chi connectivity index (χ2n) is 6.16. The number of nitrogens with two attached hydrogens (primary N) is 1. The summed E-state index contributed by atoms with van der Waals surface area (Å²) in [6.45, 7) is 0.0590. The smallest absolute Gasteiger partial charge is 0.324 e. The molecule has 8 heteroatoms. The van der Waals surface area contributed by atoms with Gasteiger partial charge < -0.3 is 5.73 Å². The average Bonchev–Trinajstić information content (AvgIpc) is 2.45. The zero-order valence-electron chi connectivity index (χ0n) is 12.7. The lowest BCUT2D eigenvalue weighted by Crippen LogP contribution is -2.51. The molecule has 130 valence electrons. The van der Waals surface area contributed by atoms with Crippen LogP contribution in [-0.2, 0) is 22.0 Å². The summed E-state index contributed by atoms with van der Waals surface area (Å²) in [4.78, 5) is 0. The molecule has 0 atom stereocenters. The first-order chi connectivity index (χ1) is 10.6. The van der Waals surface area contributed by atoms with Crippen molar-refractivity contribution in [3.8, 4) is 0 Å². The van der Waals surface area contributed by atoms with Crippen LogP contribution in [0.15, 0.2) is 24.3 Å². The highest BCUT2D eigenvalue weighted by atomic mass is 32.2. The normalized spacial score (nSPS) is 18.8. The van der Waals surface area contributed by atoms with Crippen molar-refractivity contribution in [1.82, 2.24) is 4.72 Å². The first-order valence-electron chi connectivity index (χ1n) is 7.53.